The maximum Gasteiger partial charge on any atom is 0.330 e. The van der Waals surface area contributed by atoms with Gasteiger partial charge in [0, 0.05) is 6.08 Å². The molecule has 0 aliphatic heterocycles. The first-order chi connectivity index (χ1) is 14.7. The summed E-state index contributed by atoms with van der Waals surface area (Å²) in [4.78, 5) is 10.5. The Morgan fingerprint density at radius 3 is 1.90 bits per heavy atom. The molecule has 31 heavy (non-hydrogen) atoms. The van der Waals surface area contributed by atoms with Crippen molar-refractivity contribution < 1.29 is 19.4 Å². The summed E-state index contributed by atoms with van der Waals surface area (Å²) < 4.78 is 10.5. The van der Waals surface area contributed by atoms with Gasteiger partial charge < -0.3 is 14.6 Å². The van der Waals surface area contributed by atoms with E-state index >= 15 is 0 Å². The number of carbonyl (C=O) groups is 1. The third kappa shape index (κ3) is 12.8. The lowest BCUT2D eigenvalue weighted by atomic mass is 10.2. The van der Waals surface area contributed by atoms with Crippen molar-refractivity contribution in [3.8, 4) is 11.5 Å². The van der Waals surface area contributed by atoms with Gasteiger partial charge in [-0.2, -0.15) is 0 Å². The minimum atomic E-state index is -0.398. The molecule has 0 heterocycles. The Morgan fingerprint density at radius 1 is 0.968 bits per heavy atom. The quantitative estimate of drug-likeness (QED) is 0.220. The second kappa shape index (κ2) is 13.9. The fraction of sp³-hybridized carbons (Fsp3) is 0.296. The van der Waals surface area contributed by atoms with Crippen LogP contribution in [0.1, 0.15) is 51.7 Å². The molecule has 166 valence electrons. The maximum atomic E-state index is 10.5. The van der Waals surface area contributed by atoms with E-state index in [1.165, 1.54) is 0 Å². The van der Waals surface area contributed by atoms with E-state index in [1.54, 1.807) is 12.1 Å². The predicted molar refractivity (Wildman–Crippen MR) is 129 cm³/mol. The molecule has 4 nitrogen and oxygen atoms in total. The van der Waals surface area contributed by atoms with Crippen LogP contribution < -0.4 is 4.74 Å². The van der Waals surface area contributed by atoms with Gasteiger partial charge in [0.25, 0.3) is 0 Å². The molecule has 0 saturated heterocycles. The van der Waals surface area contributed by atoms with E-state index in [-0.39, 0.29) is 11.7 Å². The van der Waals surface area contributed by atoms with Crippen LogP contribution in [0.4, 0.5) is 0 Å². The fourth-order valence-corrected chi connectivity index (χ4v) is 2.27. The summed E-state index contributed by atoms with van der Waals surface area (Å²) in [5.74, 6) is 0.835. The largest absolute Gasteiger partial charge is 0.508 e. The summed E-state index contributed by atoms with van der Waals surface area (Å²) in [7, 11) is 0. The molecule has 0 fully saturated rings. The summed E-state index contributed by atoms with van der Waals surface area (Å²) in [5, 5.41) is 9.22. The lowest BCUT2D eigenvalue weighted by Gasteiger charge is -2.17. The van der Waals surface area contributed by atoms with Gasteiger partial charge in [0.05, 0.1) is 6.61 Å². The van der Waals surface area contributed by atoms with Crippen LogP contribution in [0.3, 0.4) is 0 Å². The van der Waals surface area contributed by atoms with Crippen molar-refractivity contribution in [3.63, 3.8) is 0 Å². The third-order valence-corrected chi connectivity index (χ3v) is 3.80. The number of rotatable bonds is 8. The minimum Gasteiger partial charge on any atom is -0.508 e. The molecular weight excluding hydrogens is 388 g/mol. The zero-order valence-corrected chi connectivity index (χ0v) is 19.0. The molecule has 0 atom stereocenters. The van der Waals surface area contributed by atoms with E-state index in [9.17, 15) is 9.90 Å². The molecule has 0 aliphatic rings. The van der Waals surface area contributed by atoms with Crippen LogP contribution >= 0.6 is 0 Å². The summed E-state index contributed by atoms with van der Waals surface area (Å²) in [6.07, 6.45) is 11.4. The zero-order chi connectivity index (χ0) is 23.1. The summed E-state index contributed by atoms with van der Waals surface area (Å²) >= 11 is 0. The van der Waals surface area contributed by atoms with Crippen molar-refractivity contribution in [2.24, 2.45) is 0 Å². The van der Waals surface area contributed by atoms with Gasteiger partial charge in [0.2, 0.25) is 0 Å². The van der Waals surface area contributed by atoms with Crippen LogP contribution in [-0.2, 0) is 9.53 Å². The molecule has 0 unspecified atom stereocenters. The van der Waals surface area contributed by atoms with Crippen molar-refractivity contribution in [2.45, 2.75) is 46.1 Å². The molecule has 0 spiro atoms. The highest BCUT2D eigenvalue weighted by Gasteiger charge is 2.12. The van der Waals surface area contributed by atoms with Crippen molar-refractivity contribution in [1.82, 2.24) is 0 Å². The highest BCUT2D eigenvalue weighted by atomic mass is 16.6. The van der Waals surface area contributed by atoms with E-state index in [2.05, 4.69) is 13.5 Å². The van der Waals surface area contributed by atoms with E-state index in [0.29, 0.717) is 0 Å². The molecule has 0 aliphatic carbocycles. The van der Waals surface area contributed by atoms with Crippen LogP contribution in [0.25, 0.3) is 12.2 Å². The van der Waals surface area contributed by atoms with Gasteiger partial charge in [-0.25, -0.2) is 4.79 Å². The number of hydrogen-bond acceptors (Lipinski definition) is 4. The number of benzene rings is 2. The Labute approximate surface area is 186 Å². The second-order valence-corrected chi connectivity index (χ2v) is 7.82. The number of phenols is 1. The number of hydrogen-bond donors (Lipinski definition) is 1. The summed E-state index contributed by atoms with van der Waals surface area (Å²) in [5.41, 5.74) is 1.80. The molecule has 0 amide bonds. The van der Waals surface area contributed by atoms with E-state index in [0.717, 1.165) is 42.4 Å². The topological polar surface area (TPSA) is 55.8 Å². The zero-order valence-electron chi connectivity index (χ0n) is 19.0. The van der Waals surface area contributed by atoms with Gasteiger partial charge in [-0.15, -0.1) is 0 Å². The number of phenolic OH excluding ortho intramolecular Hbond substituents is 1. The Hall–Kier alpha value is -3.27. The summed E-state index contributed by atoms with van der Waals surface area (Å²) in [6.45, 7) is 11.6. The smallest absolute Gasteiger partial charge is 0.330 e. The molecule has 2 aromatic carbocycles. The SMILES string of the molecule is C=CC(=O)OC(C)(C)C.CCCCOc1ccc(C=CC=Cc2ccc(O)cc2)cc1. The van der Waals surface area contributed by atoms with E-state index in [4.69, 9.17) is 9.47 Å². The first-order valence-corrected chi connectivity index (χ1v) is 10.5. The molecule has 0 radical (unpaired) electrons. The molecule has 0 bridgehead atoms. The van der Waals surface area contributed by atoms with Crippen molar-refractivity contribution in [2.75, 3.05) is 6.61 Å². The third-order valence-electron chi connectivity index (χ3n) is 3.80. The Balaban J connectivity index is 0.000000452. The van der Waals surface area contributed by atoms with Gasteiger partial charge in [-0.3, -0.25) is 0 Å². The lowest BCUT2D eigenvalue weighted by molar-refractivity contribution is -0.148. The van der Waals surface area contributed by atoms with Crippen molar-refractivity contribution >= 4 is 18.1 Å². The Kier molecular flexibility index (Phi) is 11.5. The molecule has 1 N–H and O–H groups in total. The molecule has 0 saturated carbocycles. The van der Waals surface area contributed by atoms with Crippen LogP contribution in [0, 0.1) is 0 Å². The number of carbonyl (C=O) groups excluding carboxylic acids is 1. The number of ether oxygens (including phenoxy) is 2. The van der Waals surface area contributed by atoms with Crippen molar-refractivity contribution in [1.29, 1.82) is 0 Å². The van der Waals surface area contributed by atoms with Crippen molar-refractivity contribution in [3.05, 3.63) is 84.5 Å². The highest BCUT2D eigenvalue weighted by Crippen LogP contribution is 2.14. The number of unbranched alkanes of at least 4 members (excludes halogenated alkanes) is 1. The predicted octanol–water partition coefficient (Wildman–Crippen LogP) is 6.81. The average molecular weight is 423 g/mol. The Morgan fingerprint density at radius 2 is 1.48 bits per heavy atom. The lowest BCUT2D eigenvalue weighted by Crippen LogP contribution is -2.22. The first-order valence-electron chi connectivity index (χ1n) is 10.5. The Bertz CT molecular complexity index is 838. The molecule has 2 aromatic rings. The van der Waals surface area contributed by atoms with Gasteiger partial charge >= 0.3 is 5.97 Å². The molecule has 4 heteroatoms. The van der Waals surface area contributed by atoms with Gasteiger partial charge in [-0.1, -0.05) is 68.5 Å². The van der Waals surface area contributed by atoms with Gasteiger partial charge in [0.15, 0.2) is 0 Å². The second-order valence-electron chi connectivity index (χ2n) is 7.82. The number of aromatic hydroxyl groups is 1. The van der Waals surface area contributed by atoms with Crippen LogP contribution in [0.2, 0.25) is 0 Å². The highest BCUT2D eigenvalue weighted by molar-refractivity contribution is 5.81. The molecule has 0 aromatic heterocycles. The minimum absolute atomic E-state index is 0.286. The van der Waals surface area contributed by atoms with Crippen LogP contribution in [0.15, 0.2) is 73.3 Å². The fourth-order valence-electron chi connectivity index (χ4n) is 2.27. The number of esters is 1. The summed E-state index contributed by atoms with van der Waals surface area (Å²) in [6, 6.07) is 15.2. The first kappa shape index (κ1) is 25.8. The normalized spacial score (nSPS) is 11.1. The van der Waals surface area contributed by atoms with E-state index < -0.39 is 5.60 Å². The van der Waals surface area contributed by atoms with Crippen LogP contribution in [0.5, 0.6) is 11.5 Å². The average Bonchev–Trinajstić information content (AvgIpc) is 2.73. The number of allylic oxidation sites excluding steroid dienone is 2. The van der Waals surface area contributed by atoms with E-state index in [1.807, 2.05) is 81.5 Å². The van der Waals surface area contributed by atoms with Gasteiger partial charge in [-0.05, 0) is 62.6 Å². The van der Waals surface area contributed by atoms with Gasteiger partial charge in [0.1, 0.15) is 17.1 Å². The standard InChI is InChI=1S/C20H22O2.C7H12O2/c1-2-3-16-22-20-14-10-18(11-15-20)7-5-4-6-17-8-12-19(21)13-9-17;1-5-6(8)9-7(2,3)4/h4-15,21H,2-3,16H2,1H3;5H,1H2,2-4H3. The molecular formula is C27H34O4. The maximum absolute atomic E-state index is 10.5. The van der Waals surface area contributed by atoms with Crippen LogP contribution in [-0.4, -0.2) is 23.3 Å². The monoisotopic (exact) mass is 422 g/mol. The molecule has 2 rings (SSSR count).